The molecule has 1 aliphatic rings. The van der Waals surface area contributed by atoms with Gasteiger partial charge in [0.2, 0.25) is 5.91 Å². The predicted octanol–water partition coefficient (Wildman–Crippen LogP) is 3.39. The summed E-state index contributed by atoms with van der Waals surface area (Å²) in [6.07, 6.45) is 5.85. The Morgan fingerprint density at radius 2 is 2.00 bits per heavy atom. The molecule has 1 fully saturated rings. The summed E-state index contributed by atoms with van der Waals surface area (Å²) in [6, 6.07) is 10.3. The van der Waals surface area contributed by atoms with E-state index in [1.807, 2.05) is 6.92 Å². The van der Waals surface area contributed by atoms with Gasteiger partial charge in [-0.2, -0.15) is 5.26 Å². The van der Waals surface area contributed by atoms with Crippen LogP contribution in [0.2, 0.25) is 0 Å². The summed E-state index contributed by atoms with van der Waals surface area (Å²) < 4.78 is 27.1. The van der Waals surface area contributed by atoms with Gasteiger partial charge in [0, 0.05) is 18.5 Å². The summed E-state index contributed by atoms with van der Waals surface area (Å²) in [5.41, 5.74) is 7.05. The zero-order valence-corrected chi connectivity index (χ0v) is 19.3. The number of carbonyl (C=O) groups is 1. The summed E-state index contributed by atoms with van der Waals surface area (Å²) in [5.74, 6) is 0.696. The fourth-order valence-corrected chi connectivity index (χ4v) is 5.73. The highest BCUT2D eigenvalue weighted by Gasteiger charge is 2.35. The summed E-state index contributed by atoms with van der Waals surface area (Å²) in [4.78, 5) is 21.5. The maximum absolute atomic E-state index is 13.0. The Morgan fingerprint density at radius 3 is 2.73 bits per heavy atom. The molecule has 2 heterocycles. The molecule has 4 rings (SSSR count). The first-order valence-corrected chi connectivity index (χ1v) is 12.3. The molecular weight excluding hydrogens is 440 g/mol. The summed E-state index contributed by atoms with van der Waals surface area (Å²) in [6.45, 7) is 3.94. The SMILES string of the molecule is Cc1ccc(S(=O)(=O)n2ccc3nc(NNC(=O)[C@H]4C[C@H](CCC#N)C[C@H]4C)cnc32)cc1. The van der Waals surface area contributed by atoms with Crippen molar-refractivity contribution in [2.24, 2.45) is 17.8 Å². The predicted molar refractivity (Wildman–Crippen MR) is 123 cm³/mol. The van der Waals surface area contributed by atoms with E-state index in [0.717, 1.165) is 28.8 Å². The first-order chi connectivity index (χ1) is 15.8. The van der Waals surface area contributed by atoms with Crippen LogP contribution >= 0.6 is 0 Å². The second-order valence-electron chi connectivity index (χ2n) is 8.63. The van der Waals surface area contributed by atoms with E-state index < -0.39 is 10.0 Å². The normalized spacial score (nSPS) is 20.5. The molecule has 3 aromatic rings. The van der Waals surface area contributed by atoms with E-state index in [-0.39, 0.29) is 28.3 Å². The van der Waals surface area contributed by atoms with Gasteiger partial charge in [-0.1, -0.05) is 24.6 Å². The third-order valence-corrected chi connectivity index (χ3v) is 7.91. The van der Waals surface area contributed by atoms with Gasteiger partial charge in [-0.15, -0.1) is 0 Å². The number of aromatic nitrogens is 3. The molecule has 10 heteroatoms. The highest BCUT2D eigenvalue weighted by Crippen LogP contribution is 2.38. The Balaban J connectivity index is 1.45. The lowest BCUT2D eigenvalue weighted by molar-refractivity contribution is -0.125. The Labute approximate surface area is 192 Å². The topological polar surface area (TPSA) is 130 Å². The van der Waals surface area contributed by atoms with Crippen LogP contribution in [0.15, 0.2) is 47.6 Å². The number of hydrogen-bond acceptors (Lipinski definition) is 7. The lowest BCUT2D eigenvalue weighted by atomic mass is 9.97. The van der Waals surface area contributed by atoms with Crippen LogP contribution in [-0.4, -0.2) is 28.3 Å². The van der Waals surface area contributed by atoms with E-state index in [2.05, 4.69) is 33.8 Å². The summed E-state index contributed by atoms with van der Waals surface area (Å²) >= 11 is 0. The first-order valence-electron chi connectivity index (χ1n) is 10.9. The number of aryl methyl sites for hydroxylation is 1. The van der Waals surface area contributed by atoms with Crippen molar-refractivity contribution in [1.82, 2.24) is 19.4 Å². The molecule has 0 spiro atoms. The fourth-order valence-electron chi connectivity index (χ4n) is 4.43. The molecule has 0 unspecified atom stereocenters. The van der Waals surface area contributed by atoms with E-state index in [4.69, 9.17) is 5.26 Å². The van der Waals surface area contributed by atoms with Crippen molar-refractivity contribution in [2.45, 2.75) is 44.4 Å². The van der Waals surface area contributed by atoms with Gasteiger partial charge in [0.25, 0.3) is 10.0 Å². The number of rotatable bonds is 7. The van der Waals surface area contributed by atoms with Crippen LogP contribution in [0.3, 0.4) is 0 Å². The third kappa shape index (κ3) is 4.68. The minimum Gasteiger partial charge on any atom is -0.281 e. The molecular formula is C23H26N6O3S. The Kier molecular flexibility index (Phi) is 6.33. The van der Waals surface area contributed by atoms with Crippen molar-refractivity contribution < 1.29 is 13.2 Å². The third-order valence-electron chi connectivity index (χ3n) is 6.23. The van der Waals surface area contributed by atoms with Crippen LogP contribution in [0, 0.1) is 36.0 Å². The number of nitrogens with zero attached hydrogens (tertiary/aromatic N) is 4. The summed E-state index contributed by atoms with van der Waals surface area (Å²) in [7, 11) is -3.80. The van der Waals surface area contributed by atoms with Crippen molar-refractivity contribution in [2.75, 3.05) is 5.43 Å². The van der Waals surface area contributed by atoms with E-state index in [1.165, 1.54) is 12.4 Å². The molecule has 0 bridgehead atoms. The van der Waals surface area contributed by atoms with Gasteiger partial charge in [0.05, 0.1) is 17.2 Å². The lowest BCUT2D eigenvalue weighted by Gasteiger charge is -2.15. The average Bonchev–Trinajstić information content (AvgIpc) is 3.39. The maximum atomic E-state index is 13.0. The van der Waals surface area contributed by atoms with Crippen molar-refractivity contribution >= 4 is 32.9 Å². The smallest absolute Gasteiger partial charge is 0.269 e. The molecule has 172 valence electrons. The molecule has 1 aromatic carbocycles. The molecule has 0 radical (unpaired) electrons. The van der Waals surface area contributed by atoms with Crippen LogP contribution in [0.5, 0.6) is 0 Å². The molecule has 0 aliphatic heterocycles. The zero-order valence-electron chi connectivity index (χ0n) is 18.5. The average molecular weight is 467 g/mol. The van der Waals surface area contributed by atoms with E-state index in [9.17, 15) is 13.2 Å². The monoisotopic (exact) mass is 466 g/mol. The molecule has 2 aromatic heterocycles. The number of hydrazine groups is 1. The Bertz CT molecular complexity index is 1310. The number of anilines is 1. The van der Waals surface area contributed by atoms with Crippen LogP contribution < -0.4 is 10.9 Å². The van der Waals surface area contributed by atoms with Gasteiger partial charge in [0.15, 0.2) is 11.5 Å². The number of fused-ring (bicyclic) bond motifs is 1. The Morgan fingerprint density at radius 1 is 1.24 bits per heavy atom. The fraction of sp³-hybridized carbons (Fsp3) is 0.391. The van der Waals surface area contributed by atoms with Gasteiger partial charge in [-0.25, -0.2) is 22.4 Å². The number of carbonyl (C=O) groups excluding carboxylic acids is 1. The van der Waals surface area contributed by atoms with Gasteiger partial charge in [-0.05, 0) is 56.2 Å². The van der Waals surface area contributed by atoms with Crippen LogP contribution in [0.1, 0.15) is 38.2 Å². The minimum absolute atomic E-state index is 0.122. The molecule has 2 N–H and O–H groups in total. The minimum atomic E-state index is -3.80. The van der Waals surface area contributed by atoms with Crippen molar-refractivity contribution in [3.05, 3.63) is 48.3 Å². The number of benzene rings is 1. The number of nitrogens with one attached hydrogen (secondary N) is 2. The molecule has 33 heavy (non-hydrogen) atoms. The van der Waals surface area contributed by atoms with Crippen molar-refractivity contribution in [1.29, 1.82) is 5.26 Å². The number of hydrogen-bond donors (Lipinski definition) is 2. The largest absolute Gasteiger partial charge is 0.281 e. The van der Waals surface area contributed by atoms with Crippen molar-refractivity contribution in [3.63, 3.8) is 0 Å². The highest BCUT2D eigenvalue weighted by atomic mass is 32.2. The van der Waals surface area contributed by atoms with Crippen LogP contribution in [0.4, 0.5) is 5.82 Å². The molecule has 9 nitrogen and oxygen atoms in total. The number of amides is 1. The van der Waals surface area contributed by atoms with E-state index in [0.29, 0.717) is 23.7 Å². The maximum Gasteiger partial charge on any atom is 0.269 e. The zero-order chi connectivity index (χ0) is 23.6. The summed E-state index contributed by atoms with van der Waals surface area (Å²) in [5, 5.41) is 8.78. The van der Waals surface area contributed by atoms with Gasteiger partial charge < -0.3 is 0 Å². The lowest BCUT2D eigenvalue weighted by Crippen LogP contribution is -2.36. The standard InChI is InChI=1S/C23H26N6O3S/c1-15-5-7-18(8-6-15)33(31,32)29-11-9-20-22(29)25-14-21(26-20)27-28-23(30)19-13-17(4-3-10-24)12-16(19)2/h5-9,11,14,16-17,19H,3-4,12-13H2,1-2H3,(H,26,27)(H,28,30)/t16-,17-,19+/m1/s1. The molecule has 0 saturated heterocycles. The quantitative estimate of drug-likeness (QED) is 0.511. The molecule has 1 saturated carbocycles. The second-order valence-corrected chi connectivity index (χ2v) is 10.4. The first kappa shape index (κ1) is 22.7. The van der Waals surface area contributed by atoms with E-state index >= 15 is 0 Å². The molecule has 1 amide bonds. The van der Waals surface area contributed by atoms with E-state index in [1.54, 1.807) is 30.3 Å². The second kappa shape index (κ2) is 9.19. The van der Waals surface area contributed by atoms with Crippen LogP contribution in [-0.2, 0) is 14.8 Å². The van der Waals surface area contributed by atoms with Gasteiger partial charge in [-0.3, -0.25) is 15.6 Å². The Hall–Kier alpha value is -3.45. The van der Waals surface area contributed by atoms with Gasteiger partial charge in [0.1, 0.15) is 5.52 Å². The van der Waals surface area contributed by atoms with Crippen LogP contribution in [0.25, 0.3) is 11.2 Å². The van der Waals surface area contributed by atoms with Gasteiger partial charge >= 0.3 is 0 Å². The molecule has 3 atom stereocenters. The molecule has 1 aliphatic carbocycles. The highest BCUT2D eigenvalue weighted by molar-refractivity contribution is 7.90. The number of nitriles is 1. The van der Waals surface area contributed by atoms with Crippen molar-refractivity contribution in [3.8, 4) is 6.07 Å².